The first-order valence-corrected chi connectivity index (χ1v) is 6.69. The second-order valence-corrected chi connectivity index (χ2v) is 4.71. The van der Waals surface area contributed by atoms with E-state index >= 15 is 0 Å². The summed E-state index contributed by atoms with van der Waals surface area (Å²) in [6.07, 6.45) is 8.96. The molecule has 3 N–H and O–H groups in total. The standard InChI is InChI=1S/C13H30N2/c1-4-6-8-9-12(3)15-11-13(14)10-7-5-2/h12-13,15H,4-11,14H2,1-3H3. The highest BCUT2D eigenvalue weighted by Gasteiger charge is 2.04. The Kier molecular flexibility index (Phi) is 10.4. The van der Waals surface area contributed by atoms with E-state index in [-0.39, 0.29) is 0 Å². The first kappa shape index (κ1) is 14.9. The summed E-state index contributed by atoms with van der Waals surface area (Å²) in [4.78, 5) is 0. The molecule has 0 aliphatic heterocycles. The van der Waals surface area contributed by atoms with E-state index in [1.807, 2.05) is 0 Å². The van der Waals surface area contributed by atoms with E-state index in [0.29, 0.717) is 12.1 Å². The molecule has 2 unspecified atom stereocenters. The first-order chi connectivity index (χ1) is 7.20. The Labute approximate surface area is 96.0 Å². The van der Waals surface area contributed by atoms with Crippen molar-refractivity contribution in [1.29, 1.82) is 0 Å². The van der Waals surface area contributed by atoms with Gasteiger partial charge in [0.2, 0.25) is 0 Å². The molecule has 0 bridgehead atoms. The monoisotopic (exact) mass is 214 g/mol. The van der Waals surface area contributed by atoms with Crippen molar-refractivity contribution in [2.45, 2.75) is 77.8 Å². The van der Waals surface area contributed by atoms with Crippen LogP contribution in [0.3, 0.4) is 0 Å². The van der Waals surface area contributed by atoms with Crippen molar-refractivity contribution in [3.63, 3.8) is 0 Å². The Bertz CT molecular complexity index is 126. The number of unbranched alkanes of at least 4 members (excludes halogenated alkanes) is 3. The van der Waals surface area contributed by atoms with E-state index < -0.39 is 0 Å². The molecule has 0 aliphatic rings. The Morgan fingerprint density at radius 2 is 1.67 bits per heavy atom. The third-order valence-electron chi connectivity index (χ3n) is 2.90. The molecule has 0 aromatic heterocycles. The van der Waals surface area contributed by atoms with E-state index in [1.54, 1.807) is 0 Å². The fourth-order valence-corrected chi connectivity index (χ4v) is 1.72. The summed E-state index contributed by atoms with van der Waals surface area (Å²) in [5.41, 5.74) is 6.00. The molecule has 0 saturated carbocycles. The first-order valence-electron chi connectivity index (χ1n) is 6.69. The summed E-state index contributed by atoms with van der Waals surface area (Å²) < 4.78 is 0. The van der Waals surface area contributed by atoms with Crippen LogP contribution >= 0.6 is 0 Å². The van der Waals surface area contributed by atoms with Gasteiger partial charge in [0, 0.05) is 18.6 Å². The fourth-order valence-electron chi connectivity index (χ4n) is 1.72. The van der Waals surface area contributed by atoms with Crippen LogP contribution in [0.4, 0.5) is 0 Å². The SMILES string of the molecule is CCCCCC(C)NCC(N)CCCC. The van der Waals surface area contributed by atoms with Crippen molar-refractivity contribution in [3.8, 4) is 0 Å². The maximum atomic E-state index is 6.00. The van der Waals surface area contributed by atoms with E-state index in [1.165, 1.54) is 38.5 Å². The van der Waals surface area contributed by atoms with Crippen LogP contribution in [-0.4, -0.2) is 18.6 Å². The van der Waals surface area contributed by atoms with Crippen LogP contribution in [0.5, 0.6) is 0 Å². The minimum atomic E-state index is 0.346. The van der Waals surface area contributed by atoms with Gasteiger partial charge in [-0.3, -0.25) is 0 Å². The van der Waals surface area contributed by atoms with Gasteiger partial charge in [0.05, 0.1) is 0 Å². The van der Waals surface area contributed by atoms with Crippen LogP contribution in [0.15, 0.2) is 0 Å². The Morgan fingerprint density at radius 3 is 2.27 bits per heavy atom. The molecular formula is C13H30N2. The minimum absolute atomic E-state index is 0.346. The van der Waals surface area contributed by atoms with Crippen molar-refractivity contribution in [3.05, 3.63) is 0 Å². The molecule has 0 aromatic carbocycles. The zero-order valence-electron chi connectivity index (χ0n) is 10.9. The summed E-state index contributed by atoms with van der Waals surface area (Å²) in [6, 6.07) is 0.975. The lowest BCUT2D eigenvalue weighted by molar-refractivity contribution is 0.447. The van der Waals surface area contributed by atoms with Crippen LogP contribution in [0.1, 0.15) is 65.7 Å². The van der Waals surface area contributed by atoms with Crippen LogP contribution in [0, 0.1) is 0 Å². The van der Waals surface area contributed by atoms with Gasteiger partial charge in [-0.25, -0.2) is 0 Å². The molecule has 0 aromatic rings. The zero-order valence-corrected chi connectivity index (χ0v) is 10.9. The Hall–Kier alpha value is -0.0800. The predicted octanol–water partition coefficient (Wildman–Crippen LogP) is 3.06. The predicted molar refractivity (Wildman–Crippen MR) is 69.1 cm³/mol. The van der Waals surface area contributed by atoms with E-state index in [2.05, 4.69) is 26.1 Å². The highest BCUT2D eigenvalue weighted by atomic mass is 14.9. The molecule has 0 aliphatic carbocycles. The van der Waals surface area contributed by atoms with E-state index in [9.17, 15) is 0 Å². The average Bonchev–Trinajstić information content (AvgIpc) is 2.24. The summed E-state index contributed by atoms with van der Waals surface area (Å²) in [7, 11) is 0. The molecule has 0 spiro atoms. The summed E-state index contributed by atoms with van der Waals surface area (Å²) in [5.74, 6) is 0. The van der Waals surface area contributed by atoms with Crippen molar-refractivity contribution in [2.24, 2.45) is 5.73 Å². The number of rotatable bonds is 10. The molecule has 0 saturated heterocycles. The van der Waals surface area contributed by atoms with Crippen molar-refractivity contribution < 1.29 is 0 Å². The minimum Gasteiger partial charge on any atom is -0.327 e. The molecular weight excluding hydrogens is 184 g/mol. The van der Waals surface area contributed by atoms with Gasteiger partial charge in [0.25, 0.3) is 0 Å². The van der Waals surface area contributed by atoms with Crippen molar-refractivity contribution in [2.75, 3.05) is 6.54 Å². The van der Waals surface area contributed by atoms with Gasteiger partial charge in [-0.1, -0.05) is 46.0 Å². The average molecular weight is 214 g/mol. The van der Waals surface area contributed by atoms with Gasteiger partial charge in [0.15, 0.2) is 0 Å². The summed E-state index contributed by atoms with van der Waals surface area (Å²) in [5, 5.41) is 3.53. The lowest BCUT2D eigenvalue weighted by Crippen LogP contribution is -2.38. The third-order valence-corrected chi connectivity index (χ3v) is 2.90. The molecule has 2 nitrogen and oxygen atoms in total. The molecule has 0 amide bonds. The molecule has 0 rings (SSSR count). The van der Waals surface area contributed by atoms with E-state index in [0.717, 1.165) is 13.0 Å². The Balaban J connectivity index is 3.31. The lowest BCUT2D eigenvalue weighted by Gasteiger charge is -2.17. The maximum absolute atomic E-state index is 6.00. The number of hydrogen-bond acceptors (Lipinski definition) is 2. The molecule has 2 atom stereocenters. The third kappa shape index (κ3) is 10.2. The van der Waals surface area contributed by atoms with Gasteiger partial charge in [-0.15, -0.1) is 0 Å². The molecule has 0 fully saturated rings. The second-order valence-electron chi connectivity index (χ2n) is 4.71. The van der Waals surface area contributed by atoms with Crippen molar-refractivity contribution >= 4 is 0 Å². The maximum Gasteiger partial charge on any atom is 0.0165 e. The normalized spacial score (nSPS) is 15.2. The highest BCUT2D eigenvalue weighted by molar-refractivity contribution is 4.68. The van der Waals surface area contributed by atoms with E-state index in [4.69, 9.17) is 5.73 Å². The van der Waals surface area contributed by atoms with Gasteiger partial charge in [-0.05, 0) is 19.8 Å². The Morgan fingerprint density at radius 1 is 1.00 bits per heavy atom. The lowest BCUT2D eigenvalue weighted by atomic mass is 10.1. The van der Waals surface area contributed by atoms with Crippen LogP contribution in [-0.2, 0) is 0 Å². The van der Waals surface area contributed by atoms with Crippen LogP contribution < -0.4 is 11.1 Å². The second kappa shape index (κ2) is 10.4. The van der Waals surface area contributed by atoms with Gasteiger partial charge >= 0.3 is 0 Å². The van der Waals surface area contributed by atoms with Gasteiger partial charge in [0.1, 0.15) is 0 Å². The molecule has 0 radical (unpaired) electrons. The summed E-state index contributed by atoms with van der Waals surface area (Å²) in [6.45, 7) is 7.71. The number of nitrogens with one attached hydrogen (secondary N) is 1. The van der Waals surface area contributed by atoms with Gasteiger partial charge in [-0.2, -0.15) is 0 Å². The van der Waals surface area contributed by atoms with Gasteiger partial charge < -0.3 is 11.1 Å². The largest absolute Gasteiger partial charge is 0.327 e. The quantitative estimate of drug-likeness (QED) is 0.549. The van der Waals surface area contributed by atoms with Crippen molar-refractivity contribution in [1.82, 2.24) is 5.32 Å². The topological polar surface area (TPSA) is 38.0 Å². The number of nitrogens with two attached hydrogens (primary N) is 1. The molecule has 0 heterocycles. The number of hydrogen-bond donors (Lipinski definition) is 2. The molecule has 15 heavy (non-hydrogen) atoms. The van der Waals surface area contributed by atoms with Crippen LogP contribution in [0.25, 0.3) is 0 Å². The highest BCUT2D eigenvalue weighted by Crippen LogP contribution is 2.03. The molecule has 2 heteroatoms. The van der Waals surface area contributed by atoms with Crippen LogP contribution in [0.2, 0.25) is 0 Å². The molecule has 92 valence electrons. The smallest absolute Gasteiger partial charge is 0.0165 e. The summed E-state index contributed by atoms with van der Waals surface area (Å²) >= 11 is 0. The zero-order chi connectivity index (χ0) is 11.5. The fraction of sp³-hybridized carbons (Fsp3) is 1.00.